The topological polar surface area (TPSA) is 135 Å². The lowest BCUT2D eigenvalue weighted by Gasteiger charge is -2.23. The molecule has 0 aromatic rings. The molecule has 0 fully saturated rings. The quantitative estimate of drug-likeness (QED) is 0.395. The highest BCUT2D eigenvalue weighted by atomic mass is 32.2. The minimum absolute atomic E-state index is 1.45. The van der Waals surface area contributed by atoms with Gasteiger partial charge in [-0.25, -0.2) is 17.6 Å². The molecule has 0 amide bonds. The molecule has 2 unspecified atom stereocenters. The summed E-state index contributed by atoms with van der Waals surface area (Å²) in [5.41, 5.74) is -1.45. The van der Waals surface area contributed by atoms with Crippen molar-refractivity contribution in [3.63, 3.8) is 0 Å². The molecule has 0 saturated heterocycles. The number of rotatable bonds is 5. The summed E-state index contributed by atoms with van der Waals surface area (Å²) in [6.45, 7) is -1.45. The van der Waals surface area contributed by atoms with Crippen molar-refractivity contribution >= 4 is 26.2 Å². The van der Waals surface area contributed by atoms with Crippen LogP contribution in [0.3, 0.4) is 0 Å². The van der Waals surface area contributed by atoms with Gasteiger partial charge in [0.2, 0.25) is 0 Å². The number of carbonyl (C=O) groups excluding carboxylic acids is 1. The first-order valence-corrected chi connectivity index (χ1v) is 8.45. The van der Waals surface area contributed by atoms with E-state index in [2.05, 4.69) is 4.74 Å². The van der Waals surface area contributed by atoms with Gasteiger partial charge in [0.25, 0.3) is 20.2 Å². The summed E-state index contributed by atoms with van der Waals surface area (Å²) in [6.07, 6.45) is -6.43. The first-order chi connectivity index (χ1) is 10.3. The average molecular weight is 384 g/mol. The van der Waals surface area contributed by atoms with E-state index in [0.29, 0.717) is 0 Å². The van der Waals surface area contributed by atoms with Gasteiger partial charge in [0, 0.05) is 5.57 Å². The molecule has 0 aliphatic heterocycles. The fraction of sp³-hybridized carbons (Fsp3) is 0.444. The Bertz CT molecular complexity index is 782. The van der Waals surface area contributed by atoms with Crippen LogP contribution in [-0.4, -0.2) is 56.6 Å². The molecule has 0 aromatic carbocycles. The molecule has 0 heterocycles. The molecule has 8 nitrogen and oxygen atoms in total. The number of ether oxygens (including phenoxy) is 1. The number of allylic oxidation sites excluding steroid dienone is 3. The maximum absolute atomic E-state index is 13.6. The van der Waals surface area contributed by atoms with Crippen LogP contribution in [0.2, 0.25) is 0 Å². The number of esters is 1. The fourth-order valence-electron chi connectivity index (χ4n) is 1.55. The SMILES string of the molecule is O=C(CS(=O)(=O)O)OCC1=C(F)C(F)=C(S(=O)(=O)O)C(F)C1F. The third-order valence-electron chi connectivity index (χ3n) is 2.50. The fourth-order valence-corrected chi connectivity index (χ4v) is 2.65. The Morgan fingerprint density at radius 3 is 2.00 bits per heavy atom. The summed E-state index contributed by atoms with van der Waals surface area (Å²) in [5.74, 6) is -7.89. The number of alkyl halides is 2. The predicted molar refractivity (Wildman–Crippen MR) is 65.0 cm³/mol. The summed E-state index contributed by atoms with van der Waals surface area (Å²) in [7, 11) is -10.4. The summed E-state index contributed by atoms with van der Waals surface area (Å²) >= 11 is 0. The lowest BCUT2D eigenvalue weighted by Crippen LogP contribution is -2.33. The summed E-state index contributed by atoms with van der Waals surface area (Å²) in [5, 5.41) is 0. The molecule has 1 aliphatic rings. The molecule has 2 N–H and O–H groups in total. The second-order valence-corrected chi connectivity index (χ2v) is 7.03. The number of hydrogen-bond donors (Lipinski definition) is 2. The second-order valence-electron chi connectivity index (χ2n) is 4.18. The summed E-state index contributed by atoms with van der Waals surface area (Å²) in [6, 6.07) is 0. The van der Waals surface area contributed by atoms with Crippen LogP contribution >= 0.6 is 0 Å². The van der Waals surface area contributed by atoms with Crippen molar-refractivity contribution in [2.24, 2.45) is 0 Å². The van der Waals surface area contributed by atoms with Crippen LogP contribution in [0.5, 0.6) is 0 Å². The van der Waals surface area contributed by atoms with Crippen molar-refractivity contribution in [3.05, 3.63) is 22.1 Å². The monoisotopic (exact) mass is 384 g/mol. The standard InChI is InChI=1S/C9H8F4O8S2/c10-5-3(1-21-4(14)2-22(15,16)17)6(11)8(13)9(7(5)12)23(18,19)20/h5,7H,1-2H2,(H,15,16,17)(H,18,19,20). The molecule has 0 saturated carbocycles. The van der Waals surface area contributed by atoms with Crippen molar-refractivity contribution in [2.45, 2.75) is 12.3 Å². The van der Waals surface area contributed by atoms with Crippen LogP contribution in [0.15, 0.2) is 22.1 Å². The van der Waals surface area contributed by atoms with E-state index in [0.717, 1.165) is 0 Å². The molecule has 2 atom stereocenters. The lowest BCUT2D eigenvalue weighted by atomic mass is 10.00. The van der Waals surface area contributed by atoms with Gasteiger partial charge in [0.1, 0.15) is 11.5 Å². The van der Waals surface area contributed by atoms with Crippen LogP contribution in [0.1, 0.15) is 0 Å². The lowest BCUT2D eigenvalue weighted by molar-refractivity contribution is -0.139. The molecule has 1 aliphatic carbocycles. The zero-order valence-electron chi connectivity index (χ0n) is 10.7. The Kier molecular flexibility index (Phi) is 5.56. The molecular weight excluding hydrogens is 376 g/mol. The maximum atomic E-state index is 13.6. The van der Waals surface area contributed by atoms with Gasteiger partial charge in [0.15, 0.2) is 29.7 Å². The Morgan fingerprint density at radius 2 is 1.57 bits per heavy atom. The molecule has 0 bridgehead atoms. The van der Waals surface area contributed by atoms with Crippen LogP contribution in [0.4, 0.5) is 17.6 Å². The Morgan fingerprint density at radius 1 is 1.04 bits per heavy atom. The van der Waals surface area contributed by atoms with E-state index in [9.17, 15) is 39.2 Å². The van der Waals surface area contributed by atoms with E-state index in [1.807, 2.05) is 0 Å². The zero-order valence-corrected chi connectivity index (χ0v) is 12.4. The molecule has 0 radical (unpaired) electrons. The van der Waals surface area contributed by atoms with Gasteiger partial charge in [0.05, 0.1) is 0 Å². The number of halogens is 4. The third-order valence-corrected chi connectivity index (χ3v) is 4.06. The number of hydrogen-bond acceptors (Lipinski definition) is 6. The Hall–Kier alpha value is -1.51. The normalized spacial score (nSPS) is 23.2. The van der Waals surface area contributed by atoms with Crippen molar-refractivity contribution in [1.29, 1.82) is 0 Å². The minimum Gasteiger partial charge on any atom is -0.460 e. The smallest absolute Gasteiger partial charge is 0.323 e. The molecule has 1 rings (SSSR count). The molecule has 0 spiro atoms. The average Bonchev–Trinajstić information content (AvgIpc) is 2.32. The van der Waals surface area contributed by atoms with E-state index in [1.54, 1.807) is 0 Å². The van der Waals surface area contributed by atoms with Gasteiger partial charge >= 0.3 is 5.97 Å². The molecular formula is C9H8F4O8S2. The maximum Gasteiger partial charge on any atom is 0.323 e. The van der Waals surface area contributed by atoms with Crippen LogP contribution in [-0.2, 0) is 29.8 Å². The van der Waals surface area contributed by atoms with Crippen molar-refractivity contribution in [1.82, 2.24) is 0 Å². The van der Waals surface area contributed by atoms with Gasteiger partial charge in [-0.05, 0) is 0 Å². The highest BCUT2D eigenvalue weighted by molar-refractivity contribution is 7.89. The molecule has 132 valence electrons. The predicted octanol–water partition coefficient (Wildman–Crippen LogP) is 0.400. The van der Waals surface area contributed by atoms with E-state index >= 15 is 0 Å². The van der Waals surface area contributed by atoms with Crippen molar-refractivity contribution in [3.8, 4) is 0 Å². The summed E-state index contributed by atoms with van der Waals surface area (Å²) in [4.78, 5) is 8.78. The van der Waals surface area contributed by atoms with Crippen molar-refractivity contribution < 1.29 is 53.0 Å². The van der Waals surface area contributed by atoms with E-state index in [-0.39, 0.29) is 0 Å². The Labute approximate surface area is 126 Å². The largest absolute Gasteiger partial charge is 0.460 e. The molecule has 14 heteroatoms. The second kappa shape index (κ2) is 6.54. The van der Waals surface area contributed by atoms with Gasteiger partial charge in [-0.3, -0.25) is 13.9 Å². The van der Waals surface area contributed by atoms with Crippen molar-refractivity contribution in [2.75, 3.05) is 12.4 Å². The van der Waals surface area contributed by atoms with E-state index in [4.69, 9.17) is 9.11 Å². The highest BCUT2D eigenvalue weighted by Crippen LogP contribution is 2.38. The van der Waals surface area contributed by atoms with Gasteiger partial charge in [-0.1, -0.05) is 0 Å². The Balaban J connectivity index is 3.10. The first kappa shape index (κ1) is 19.5. The minimum atomic E-state index is -5.57. The molecule has 23 heavy (non-hydrogen) atoms. The number of carbonyl (C=O) groups is 1. The van der Waals surface area contributed by atoms with E-state index < -0.39 is 73.0 Å². The van der Waals surface area contributed by atoms with E-state index in [1.165, 1.54) is 0 Å². The molecule has 0 aromatic heterocycles. The first-order valence-electron chi connectivity index (χ1n) is 5.40. The van der Waals surface area contributed by atoms with Crippen LogP contribution < -0.4 is 0 Å². The zero-order chi connectivity index (χ0) is 18.2. The van der Waals surface area contributed by atoms with Crippen LogP contribution in [0, 0.1) is 0 Å². The van der Waals surface area contributed by atoms with Gasteiger partial charge in [-0.2, -0.15) is 16.8 Å². The highest BCUT2D eigenvalue weighted by Gasteiger charge is 2.44. The van der Waals surface area contributed by atoms with Gasteiger partial charge in [-0.15, -0.1) is 0 Å². The summed E-state index contributed by atoms with van der Waals surface area (Å²) < 4.78 is 117. The van der Waals surface area contributed by atoms with Gasteiger partial charge < -0.3 is 4.74 Å². The third kappa shape index (κ3) is 4.73. The van der Waals surface area contributed by atoms with Crippen LogP contribution in [0.25, 0.3) is 0 Å².